The Kier molecular flexibility index (Phi) is 3.80. The molecule has 2 rings (SSSR count). The maximum atomic E-state index is 12.9. The summed E-state index contributed by atoms with van der Waals surface area (Å²) in [5, 5.41) is 21.8. The molecule has 5 nitrogen and oxygen atoms in total. The van der Waals surface area contributed by atoms with Crippen LogP contribution in [0, 0.1) is 10.1 Å². The SMILES string of the molecule is Nc1c(C(F)(F)F)cccc1C(O)(c1ccccc1)[N+](=O)[O-]. The van der Waals surface area contributed by atoms with E-state index in [4.69, 9.17) is 5.73 Å². The third kappa shape index (κ3) is 2.48. The molecule has 0 amide bonds. The van der Waals surface area contributed by atoms with Gasteiger partial charge in [0, 0.05) is 0 Å². The molecule has 1 atom stereocenters. The summed E-state index contributed by atoms with van der Waals surface area (Å²) in [7, 11) is 0. The lowest BCUT2D eigenvalue weighted by Crippen LogP contribution is -2.37. The number of rotatable bonds is 3. The predicted octanol–water partition coefficient (Wildman–Crippen LogP) is 2.76. The Labute approximate surface area is 123 Å². The van der Waals surface area contributed by atoms with Crippen molar-refractivity contribution < 1.29 is 23.2 Å². The standard InChI is InChI=1S/C14H11F3N2O3/c15-14(16,17)11-8-4-7-10(12(11)18)13(20,19(21)22)9-5-2-1-3-6-9/h1-8,20H,18H2. The van der Waals surface area contributed by atoms with Crippen molar-refractivity contribution in [2.75, 3.05) is 5.73 Å². The number of para-hydroxylation sites is 1. The Balaban J connectivity index is 2.74. The summed E-state index contributed by atoms with van der Waals surface area (Å²) in [5.74, 6) is 0. The first kappa shape index (κ1) is 15.8. The van der Waals surface area contributed by atoms with Gasteiger partial charge >= 0.3 is 11.9 Å². The van der Waals surface area contributed by atoms with Crippen LogP contribution >= 0.6 is 0 Å². The van der Waals surface area contributed by atoms with Gasteiger partial charge in [0.05, 0.1) is 27.3 Å². The second-order valence-corrected chi connectivity index (χ2v) is 4.56. The van der Waals surface area contributed by atoms with E-state index in [1.54, 1.807) is 6.07 Å². The van der Waals surface area contributed by atoms with Gasteiger partial charge in [0.25, 0.3) is 0 Å². The molecule has 8 heteroatoms. The van der Waals surface area contributed by atoms with Crippen LogP contribution in [0.15, 0.2) is 48.5 Å². The maximum absolute atomic E-state index is 12.9. The fourth-order valence-electron chi connectivity index (χ4n) is 2.15. The van der Waals surface area contributed by atoms with Crippen molar-refractivity contribution in [1.29, 1.82) is 0 Å². The molecule has 22 heavy (non-hydrogen) atoms. The van der Waals surface area contributed by atoms with E-state index in [9.17, 15) is 28.4 Å². The van der Waals surface area contributed by atoms with Crippen molar-refractivity contribution in [2.45, 2.75) is 11.9 Å². The number of nitrogens with zero attached hydrogens (tertiary/aromatic N) is 1. The van der Waals surface area contributed by atoms with Crippen molar-refractivity contribution in [1.82, 2.24) is 0 Å². The highest BCUT2D eigenvalue weighted by Gasteiger charge is 2.48. The maximum Gasteiger partial charge on any atom is 0.418 e. The largest absolute Gasteiger partial charge is 0.418 e. The number of hydrogen-bond acceptors (Lipinski definition) is 4. The molecule has 2 aromatic rings. The van der Waals surface area contributed by atoms with Gasteiger partial charge in [-0.1, -0.05) is 24.3 Å². The van der Waals surface area contributed by atoms with Gasteiger partial charge in [0.15, 0.2) is 0 Å². The van der Waals surface area contributed by atoms with Crippen LogP contribution in [0.1, 0.15) is 16.7 Å². The molecule has 3 N–H and O–H groups in total. The summed E-state index contributed by atoms with van der Waals surface area (Å²) in [5.41, 5.74) is -0.349. The van der Waals surface area contributed by atoms with Crippen LogP contribution in [0.25, 0.3) is 0 Å². The van der Waals surface area contributed by atoms with Gasteiger partial charge in [-0.25, -0.2) is 0 Å². The van der Waals surface area contributed by atoms with E-state index in [0.717, 1.165) is 12.1 Å². The molecule has 0 radical (unpaired) electrons. The minimum Gasteiger partial charge on any atom is -0.398 e. The van der Waals surface area contributed by atoms with Crippen LogP contribution in [0.2, 0.25) is 0 Å². The van der Waals surface area contributed by atoms with E-state index >= 15 is 0 Å². The number of halogens is 3. The molecular formula is C14H11F3N2O3. The molecule has 0 bridgehead atoms. The number of alkyl halides is 3. The van der Waals surface area contributed by atoms with E-state index in [2.05, 4.69) is 0 Å². The van der Waals surface area contributed by atoms with Gasteiger partial charge in [-0.2, -0.15) is 13.2 Å². The Morgan fingerprint density at radius 2 is 1.55 bits per heavy atom. The number of aliphatic hydroxyl groups is 1. The Morgan fingerprint density at radius 1 is 1.00 bits per heavy atom. The monoisotopic (exact) mass is 312 g/mol. The minimum absolute atomic E-state index is 0.189. The van der Waals surface area contributed by atoms with Crippen LogP contribution in [0.4, 0.5) is 18.9 Å². The Morgan fingerprint density at radius 3 is 2.05 bits per heavy atom. The molecule has 0 saturated carbocycles. The van der Waals surface area contributed by atoms with E-state index in [-0.39, 0.29) is 5.56 Å². The van der Waals surface area contributed by atoms with Crippen molar-refractivity contribution in [2.24, 2.45) is 0 Å². The molecule has 1 unspecified atom stereocenters. The van der Waals surface area contributed by atoms with Crippen LogP contribution in [-0.2, 0) is 11.9 Å². The lowest BCUT2D eigenvalue weighted by Gasteiger charge is -2.23. The number of nitrogen functional groups attached to an aromatic ring is 1. The zero-order valence-electron chi connectivity index (χ0n) is 11.0. The van der Waals surface area contributed by atoms with E-state index in [1.165, 1.54) is 24.3 Å². The van der Waals surface area contributed by atoms with E-state index < -0.39 is 33.6 Å². The van der Waals surface area contributed by atoms with Gasteiger partial charge < -0.3 is 10.8 Å². The number of hydrogen-bond donors (Lipinski definition) is 2. The van der Waals surface area contributed by atoms with Gasteiger partial charge in [0.2, 0.25) is 0 Å². The number of nitro groups is 1. The summed E-state index contributed by atoms with van der Waals surface area (Å²) >= 11 is 0. The first-order chi connectivity index (χ1) is 10.2. The van der Waals surface area contributed by atoms with Crippen molar-refractivity contribution in [3.63, 3.8) is 0 Å². The molecular weight excluding hydrogens is 301 g/mol. The molecule has 0 aromatic heterocycles. The minimum atomic E-state index is -4.78. The first-order valence-electron chi connectivity index (χ1n) is 6.07. The third-order valence-electron chi connectivity index (χ3n) is 3.23. The van der Waals surface area contributed by atoms with Crippen LogP contribution in [0.3, 0.4) is 0 Å². The van der Waals surface area contributed by atoms with Gasteiger partial charge in [-0.15, -0.1) is 0 Å². The average molecular weight is 312 g/mol. The van der Waals surface area contributed by atoms with E-state index in [0.29, 0.717) is 6.07 Å². The molecule has 0 saturated heterocycles. The first-order valence-corrected chi connectivity index (χ1v) is 6.07. The fourth-order valence-corrected chi connectivity index (χ4v) is 2.15. The molecule has 0 aliphatic carbocycles. The average Bonchev–Trinajstić information content (AvgIpc) is 2.46. The second kappa shape index (κ2) is 5.30. The zero-order valence-corrected chi connectivity index (χ0v) is 11.0. The summed E-state index contributed by atoms with van der Waals surface area (Å²) in [6, 6.07) is 9.54. The Bertz CT molecular complexity index is 704. The molecule has 0 fully saturated rings. The van der Waals surface area contributed by atoms with Gasteiger partial charge in [-0.05, 0) is 24.3 Å². The number of nitrogens with two attached hydrogens (primary N) is 1. The van der Waals surface area contributed by atoms with Crippen LogP contribution in [-0.4, -0.2) is 10.0 Å². The molecule has 0 aliphatic heterocycles. The summed E-state index contributed by atoms with van der Waals surface area (Å²) < 4.78 is 38.7. The van der Waals surface area contributed by atoms with E-state index in [1.807, 2.05) is 0 Å². The van der Waals surface area contributed by atoms with Crippen molar-refractivity contribution >= 4 is 5.69 Å². The van der Waals surface area contributed by atoms with Crippen molar-refractivity contribution in [3.05, 3.63) is 75.3 Å². The summed E-state index contributed by atoms with van der Waals surface area (Å²) in [6.45, 7) is 0. The summed E-state index contributed by atoms with van der Waals surface area (Å²) in [4.78, 5) is 10.3. The lowest BCUT2D eigenvalue weighted by atomic mass is 9.91. The zero-order chi connectivity index (χ0) is 16.5. The van der Waals surface area contributed by atoms with Gasteiger partial charge in [0.1, 0.15) is 0 Å². The quantitative estimate of drug-likeness (QED) is 0.395. The van der Waals surface area contributed by atoms with Gasteiger partial charge in [-0.3, -0.25) is 10.1 Å². The predicted molar refractivity (Wildman–Crippen MR) is 72.3 cm³/mol. The normalized spacial score (nSPS) is 14.4. The number of benzene rings is 2. The third-order valence-corrected chi connectivity index (χ3v) is 3.23. The molecule has 116 valence electrons. The van der Waals surface area contributed by atoms with Crippen LogP contribution in [0.5, 0.6) is 0 Å². The summed E-state index contributed by atoms with van der Waals surface area (Å²) in [6.07, 6.45) is -4.78. The molecule has 0 aliphatic rings. The second-order valence-electron chi connectivity index (χ2n) is 4.56. The lowest BCUT2D eigenvalue weighted by molar-refractivity contribution is -0.621. The highest BCUT2D eigenvalue weighted by Crippen LogP contribution is 2.40. The molecule has 2 aromatic carbocycles. The highest BCUT2D eigenvalue weighted by atomic mass is 19.4. The smallest absolute Gasteiger partial charge is 0.398 e. The molecule has 0 spiro atoms. The van der Waals surface area contributed by atoms with Crippen molar-refractivity contribution in [3.8, 4) is 0 Å². The number of anilines is 1. The topological polar surface area (TPSA) is 89.4 Å². The van der Waals surface area contributed by atoms with Crippen LogP contribution < -0.4 is 5.73 Å². The molecule has 0 heterocycles. The highest BCUT2D eigenvalue weighted by molar-refractivity contribution is 5.58. The Hall–Kier alpha value is -2.61. The fraction of sp³-hybridized carbons (Fsp3) is 0.143.